The number of thioether (sulfide) groups is 1. The van der Waals surface area contributed by atoms with Crippen LogP contribution < -0.4 is 0 Å². The summed E-state index contributed by atoms with van der Waals surface area (Å²) in [6, 6.07) is 12.0. The fourth-order valence-electron chi connectivity index (χ4n) is 2.77. The van der Waals surface area contributed by atoms with Gasteiger partial charge in [-0.1, -0.05) is 41.6 Å². The third kappa shape index (κ3) is 3.56. The Morgan fingerprint density at radius 3 is 2.65 bits per heavy atom. The number of morpholine rings is 1. The van der Waals surface area contributed by atoms with Crippen molar-refractivity contribution in [3.8, 4) is 11.3 Å². The highest BCUT2D eigenvalue weighted by Crippen LogP contribution is 2.21. The third-order valence-corrected chi connectivity index (χ3v) is 5.17. The van der Waals surface area contributed by atoms with Crippen LogP contribution >= 0.6 is 11.8 Å². The highest BCUT2D eigenvalue weighted by atomic mass is 32.2. The van der Waals surface area contributed by atoms with Crippen molar-refractivity contribution in [2.45, 2.75) is 12.1 Å². The Balaban J connectivity index is 1.53. The molecule has 4 rings (SSSR count). The highest BCUT2D eigenvalue weighted by Gasteiger charge is 2.18. The Kier molecular flexibility index (Phi) is 4.85. The van der Waals surface area contributed by atoms with Gasteiger partial charge < -0.3 is 9.64 Å². The van der Waals surface area contributed by atoms with E-state index >= 15 is 0 Å². The first-order valence-electron chi connectivity index (χ1n) is 8.48. The Hall–Kier alpha value is -2.45. The molecule has 0 unspecified atom stereocenters. The summed E-state index contributed by atoms with van der Waals surface area (Å²) in [5.41, 5.74) is 3.75. The number of benzene rings is 1. The molecule has 0 N–H and O–H groups in total. The first kappa shape index (κ1) is 17.0. The van der Waals surface area contributed by atoms with E-state index in [1.165, 1.54) is 17.3 Å². The van der Waals surface area contributed by atoms with Crippen LogP contribution in [0, 0.1) is 6.92 Å². The monoisotopic (exact) mass is 369 g/mol. The Morgan fingerprint density at radius 1 is 1.12 bits per heavy atom. The minimum absolute atomic E-state index is 0.0877. The lowest BCUT2D eigenvalue weighted by Gasteiger charge is -2.26. The lowest BCUT2D eigenvalue weighted by atomic mass is 10.1. The van der Waals surface area contributed by atoms with Crippen LogP contribution in [-0.4, -0.2) is 62.7 Å². The van der Waals surface area contributed by atoms with Gasteiger partial charge in [0.1, 0.15) is 0 Å². The molecule has 0 atom stereocenters. The number of amides is 1. The molecule has 1 fully saturated rings. The van der Waals surface area contributed by atoms with Gasteiger partial charge in [-0.3, -0.25) is 4.79 Å². The Bertz CT molecular complexity index is 919. The maximum absolute atomic E-state index is 12.3. The molecule has 0 bridgehead atoms. The normalized spacial score (nSPS) is 14.7. The number of carbonyl (C=O) groups excluding carboxylic acids is 1. The quantitative estimate of drug-likeness (QED) is 0.656. The molecule has 8 heteroatoms. The van der Waals surface area contributed by atoms with Gasteiger partial charge in [0.15, 0.2) is 5.65 Å². The molecule has 2 aromatic heterocycles. The number of ether oxygens (including phenoxy) is 1. The molecule has 3 heterocycles. The van der Waals surface area contributed by atoms with Crippen LogP contribution in [0.4, 0.5) is 0 Å². The average molecular weight is 369 g/mol. The smallest absolute Gasteiger partial charge is 0.233 e. The average Bonchev–Trinajstić information content (AvgIpc) is 3.09. The number of carbonyl (C=O) groups is 1. The van der Waals surface area contributed by atoms with Gasteiger partial charge in [-0.2, -0.15) is 9.61 Å². The number of aromatic nitrogens is 4. The molecule has 1 aromatic carbocycles. The van der Waals surface area contributed by atoms with Crippen LogP contribution in [-0.2, 0) is 9.53 Å². The van der Waals surface area contributed by atoms with Crippen molar-refractivity contribution in [2.24, 2.45) is 0 Å². The van der Waals surface area contributed by atoms with Gasteiger partial charge >= 0.3 is 0 Å². The zero-order chi connectivity index (χ0) is 17.9. The first-order valence-corrected chi connectivity index (χ1v) is 9.47. The third-order valence-electron chi connectivity index (χ3n) is 4.27. The summed E-state index contributed by atoms with van der Waals surface area (Å²) in [7, 11) is 0. The maximum Gasteiger partial charge on any atom is 0.233 e. The summed E-state index contributed by atoms with van der Waals surface area (Å²) in [4.78, 5) is 14.1. The Labute approximate surface area is 155 Å². The zero-order valence-electron chi connectivity index (χ0n) is 14.5. The number of hydrogen-bond acceptors (Lipinski definition) is 6. The van der Waals surface area contributed by atoms with E-state index in [0.717, 1.165) is 11.3 Å². The summed E-state index contributed by atoms with van der Waals surface area (Å²) in [5, 5.41) is 13.6. The van der Waals surface area contributed by atoms with Gasteiger partial charge in [-0.05, 0) is 19.1 Å². The number of nitrogens with zero attached hydrogens (tertiary/aromatic N) is 5. The summed E-state index contributed by atoms with van der Waals surface area (Å²) in [5.74, 6) is 0.404. The van der Waals surface area contributed by atoms with Gasteiger partial charge in [-0.15, -0.1) is 10.2 Å². The van der Waals surface area contributed by atoms with Crippen LogP contribution in [0.25, 0.3) is 16.9 Å². The number of hydrogen-bond donors (Lipinski definition) is 0. The van der Waals surface area contributed by atoms with Crippen LogP contribution in [0.15, 0.2) is 41.6 Å². The summed E-state index contributed by atoms with van der Waals surface area (Å²) < 4.78 is 6.98. The second-order valence-corrected chi connectivity index (χ2v) is 7.06. The van der Waals surface area contributed by atoms with Crippen molar-refractivity contribution < 1.29 is 9.53 Å². The van der Waals surface area contributed by atoms with Crippen LogP contribution in [0.1, 0.15) is 5.56 Å². The molecule has 3 aromatic rings. The predicted molar refractivity (Wildman–Crippen MR) is 99.1 cm³/mol. The molecule has 0 spiro atoms. The van der Waals surface area contributed by atoms with Crippen molar-refractivity contribution in [1.29, 1.82) is 0 Å². The minimum atomic E-state index is 0.0877. The van der Waals surface area contributed by atoms with E-state index < -0.39 is 0 Å². The van der Waals surface area contributed by atoms with Gasteiger partial charge in [0.25, 0.3) is 0 Å². The van der Waals surface area contributed by atoms with E-state index in [2.05, 4.69) is 34.4 Å². The molecule has 26 heavy (non-hydrogen) atoms. The Morgan fingerprint density at radius 2 is 1.88 bits per heavy atom. The van der Waals surface area contributed by atoms with Gasteiger partial charge in [0.05, 0.1) is 24.7 Å². The van der Waals surface area contributed by atoms with E-state index in [4.69, 9.17) is 4.74 Å². The lowest BCUT2D eigenvalue weighted by molar-refractivity contribution is -0.132. The van der Waals surface area contributed by atoms with E-state index in [0.29, 0.717) is 42.9 Å². The van der Waals surface area contributed by atoms with Crippen LogP contribution in [0.3, 0.4) is 0 Å². The molecule has 1 aliphatic heterocycles. The molecule has 1 amide bonds. The van der Waals surface area contributed by atoms with Gasteiger partial charge in [0.2, 0.25) is 11.1 Å². The topological polar surface area (TPSA) is 72.6 Å². The fraction of sp³-hybridized carbons (Fsp3) is 0.333. The maximum atomic E-state index is 12.3. The first-order chi connectivity index (χ1) is 12.7. The van der Waals surface area contributed by atoms with Gasteiger partial charge in [-0.25, -0.2) is 0 Å². The molecule has 0 aliphatic carbocycles. The van der Waals surface area contributed by atoms with Crippen molar-refractivity contribution in [1.82, 2.24) is 24.7 Å². The lowest BCUT2D eigenvalue weighted by Crippen LogP contribution is -2.41. The second-order valence-electron chi connectivity index (χ2n) is 6.12. The van der Waals surface area contributed by atoms with Crippen LogP contribution in [0.5, 0.6) is 0 Å². The van der Waals surface area contributed by atoms with Crippen molar-refractivity contribution >= 4 is 23.3 Å². The van der Waals surface area contributed by atoms with E-state index in [9.17, 15) is 4.79 Å². The van der Waals surface area contributed by atoms with E-state index in [1.807, 2.05) is 29.2 Å². The predicted octanol–water partition coefficient (Wildman–Crippen LogP) is 2.05. The highest BCUT2D eigenvalue weighted by molar-refractivity contribution is 7.99. The van der Waals surface area contributed by atoms with E-state index in [-0.39, 0.29) is 5.91 Å². The SMILES string of the molecule is Cc1ccc(-c2ccc3nnc(SCC(=O)N4CCOCC4)n3n2)cc1. The van der Waals surface area contributed by atoms with Gasteiger partial charge in [0, 0.05) is 18.7 Å². The summed E-state index contributed by atoms with van der Waals surface area (Å²) in [6.45, 7) is 4.56. The zero-order valence-corrected chi connectivity index (χ0v) is 15.3. The number of rotatable bonds is 4. The fourth-order valence-corrected chi connectivity index (χ4v) is 3.56. The molecule has 1 aliphatic rings. The minimum Gasteiger partial charge on any atom is -0.378 e. The molecular weight excluding hydrogens is 350 g/mol. The number of aryl methyl sites for hydroxylation is 1. The molecular formula is C18H19N5O2S. The van der Waals surface area contributed by atoms with Crippen LogP contribution in [0.2, 0.25) is 0 Å². The summed E-state index contributed by atoms with van der Waals surface area (Å²) in [6.07, 6.45) is 0. The standard InChI is InChI=1S/C18H19N5O2S/c1-13-2-4-14(5-3-13)15-6-7-16-19-20-18(23(16)21-15)26-12-17(24)22-8-10-25-11-9-22/h2-7H,8-12H2,1H3. The van der Waals surface area contributed by atoms with E-state index in [1.54, 1.807) is 4.52 Å². The van der Waals surface area contributed by atoms with Crippen molar-refractivity contribution in [3.63, 3.8) is 0 Å². The van der Waals surface area contributed by atoms with Crippen molar-refractivity contribution in [2.75, 3.05) is 32.1 Å². The molecule has 0 radical (unpaired) electrons. The molecule has 0 saturated carbocycles. The molecule has 1 saturated heterocycles. The second kappa shape index (κ2) is 7.43. The number of fused-ring (bicyclic) bond motifs is 1. The molecule has 134 valence electrons. The summed E-state index contributed by atoms with van der Waals surface area (Å²) >= 11 is 1.36. The van der Waals surface area contributed by atoms with Crippen molar-refractivity contribution in [3.05, 3.63) is 42.0 Å². The molecule has 7 nitrogen and oxygen atoms in total. The largest absolute Gasteiger partial charge is 0.378 e.